The summed E-state index contributed by atoms with van der Waals surface area (Å²) in [5, 5.41) is 22.3. The van der Waals surface area contributed by atoms with Crippen LogP contribution in [0.5, 0.6) is 0 Å². The molecule has 1 aliphatic rings. The maximum atomic E-state index is 9.36. The number of hydrogen-bond donors (Lipinski definition) is 1. The lowest BCUT2D eigenvalue weighted by Gasteiger charge is -2.24. The normalized spacial score (nSPS) is 16.3. The molecule has 1 heterocycles. The van der Waals surface area contributed by atoms with E-state index in [1.165, 1.54) is 0 Å². The Kier molecular flexibility index (Phi) is 4.48. The van der Waals surface area contributed by atoms with Crippen molar-refractivity contribution in [2.75, 3.05) is 0 Å². The lowest BCUT2D eigenvalue weighted by Crippen LogP contribution is -2.23. The molecule has 0 unspecified atom stereocenters. The van der Waals surface area contributed by atoms with Gasteiger partial charge in [-0.05, 0) is 19.4 Å². The van der Waals surface area contributed by atoms with Crippen molar-refractivity contribution in [1.29, 1.82) is 10.5 Å². The zero-order chi connectivity index (χ0) is 15.4. The third-order valence-corrected chi connectivity index (χ3v) is 3.75. The van der Waals surface area contributed by atoms with Gasteiger partial charge in [-0.15, -0.1) is 0 Å². The van der Waals surface area contributed by atoms with Crippen LogP contribution in [0.2, 0.25) is 0 Å². The van der Waals surface area contributed by atoms with E-state index in [1.807, 2.05) is 44.2 Å². The molecule has 1 aromatic carbocycles. The molecule has 0 saturated heterocycles. The topological polar surface area (TPSA) is 59.6 Å². The molecule has 1 aliphatic heterocycles. The van der Waals surface area contributed by atoms with E-state index in [2.05, 4.69) is 17.5 Å². The summed E-state index contributed by atoms with van der Waals surface area (Å²) in [5.74, 6) is -0.408. The van der Waals surface area contributed by atoms with Crippen LogP contribution in [-0.4, -0.2) is 0 Å². The maximum Gasteiger partial charge on any atom is 0.0975 e. The Labute approximate surface area is 129 Å². The van der Waals surface area contributed by atoms with Crippen LogP contribution < -0.4 is 5.32 Å². The zero-order valence-corrected chi connectivity index (χ0v) is 12.6. The summed E-state index contributed by atoms with van der Waals surface area (Å²) in [5.41, 5.74) is 3.42. The minimum Gasteiger partial charge on any atom is -0.361 e. The number of hydrogen-bond acceptors (Lipinski definition) is 3. The smallest absolute Gasteiger partial charge is 0.0975 e. The van der Waals surface area contributed by atoms with Crippen molar-refractivity contribution >= 4 is 16.6 Å². The summed E-state index contributed by atoms with van der Waals surface area (Å²) < 4.78 is 0. The van der Waals surface area contributed by atoms with Crippen LogP contribution in [0.25, 0.3) is 5.03 Å². The third kappa shape index (κ3) is 2.99. The van der Waals surface area contributed by atoms with E-state index in [0.717, 1.165) is 17.0 Å². The Morgan fingerprint density at radius 3 is 2.10 bits per heavy atom. The molecule has 104 valence electrons. The second-order valence-corrected chi connectivity index (χ2v) is 5.19. The Hall–Kier alpha value is -2.49. The molecule has 0 spiro atoms. The van der Waals surface area contributed by atoms with Gasteiger partial charge in [-0.25, -0.2) is 0 Å². The number of allylic oxidation sites excluding steroid dienone is 5. The zero-order valence-electron chi connectivity index (χ0n) is 11.8. The number of nitrogens with one attached hydrogen (secondary N) is 1. The molecule has 2 rings (SSSR count). The Morgan fingerprint density at radius 2 is 1.62 bits per heavy atom. The summed E-state index contributed by atoms with van der Waals surface area (Å²) in [6.45, 7) is 3.65. The quantitative estimate of drug-likeness (QED) is 0.894. The molecule has 1 N–H and O–H groups in total. The molecule has 0 amide bonds. The van der Waals surface area contributed by atoms with Crippen LogP contribution in [0.3, 0.4) is 0 Å². The average molecular weight is 296 g/mol. The number of dihydropyridines is 1. The third-order valence-electron chi connectivity index (χ3n) is 3.41. The molecule has 3 nitrogen and oxygen atoms in total. The van der Waals surface area contributed by atoms with Crippen LogP contribution in [-0.2, 0) is 0 Å². The van der Waals surface area contributed by atoms with Gasteiger partial charge in [0.25, 0.3) is 0 Å². The fourth-order valence-electron chi connectivity index (χ4n) is 2.34. The molecule has 1 aromatic rings. The lowest BCUT2D eigenvalue weighted by atomic mass is 9.86. The van der Waals surface area contributed by atoms with Crippen molar-refractivity contribution in [2.24, 2.45) is 5.92 Å². The summed E-state index contributed by atoms with van der Waals surface area (Å²) in [7, 11) is 0. The van der Waals surface area contributed by atoms with Gasteiger partial charge in [-0.3, -0.25) is 0 Å². The van der Waals surface area contributed by atoms with Crippen molar-refractivity contribution in [1.82, 2.24) is 5.32 Å². The van der Waals surface area contributed by atoms with E-state index >= 15 is 0 Å². The predicted octanol–water partition coefficient (Wildman–Crippen LogP) is 4.08. The highest BCUT2D eigenvalue weighted by Gasteiger charge is 2.26. The number of nitriles is 2. The van der Waals surface area contributed by atoms with Gasteiger partial charge in [0.15, 0.2) is 0 Å². The molecule has 0 fully saturated rings. The molecule has 0 aliphatic carbocycles. The van der Waals surface area contributed by atoms with Crippen molar-refractivity contribution < 1.29 is 0 Å². The van der Waals surface area contributed by atoms with E-state index in [9.17, 15) is 10.5 Å². The minimum atomic E-state index is -0.408. The largest absolute Gasteiger partial charge is 0.361 e. The van der Waals surface area contributed by atoms with Crippen LogP contribution >= 0.6 is 11.6 Å². The Bertz CT molecular complexity index is 692. The highest BCUT2D eigenvalue weighted by atomic mass is 35.5. The molecular formula is C17H14ClN3. The van der Waals surface area contributed by atoms with Gasteiger partial charge in [0.1, 0.15) is 0 Å². The van der Waals surface area contributed by atoms with Crippen LogP contribution in [0.1, 0.15) is 19.4 Å². The van der Waals surface area contributed by atoms with Crippen LogP contribution in [0, 0.1) is 28.6 Å². The molecule has 0 atom stereocenters. The van der Waals surface area contributed by atoms with Gasteiger partial charge < -0.3 is 5.32 Å². The van der Waals surface area contributed by atoms with E-state index in [1.54, 1.807) is 6.08 Å². The van der Waals surface area contributed by atoms with Gasteiger partial charge >= 0.3 is 0 Å². The monoisotopic (exact) mass is 295 g/mol. The summed E-state index contributed by atoms with van der Waals surface area (Å²) in [6.07, 6.45) is 1.77. The second-order valence-electron chi connectivity index (χ2n) is 4.78. The van der Waals surface area contributed by atoms with Crippen molar-refractivity contribution in [3.63, 3.8) is 0 Å². The summed E-state index contributed by atoms with van der Waals surface area (Å²) >= 11 is 6.36. The first-order valence-electron chi connectivity index (χ1n) is 6.50. The summed E-state index contributed by atoms with van der Waals surface area (Å²) in [6, 6.07) is 13.8. The predicted molar refractivity (Wildman–Crippen MR) is 83.5 cm³/mol. The van der Waals surface area contributed by atoms with Crippen molar-refractivity contribution in [3.8, 4) is 12.1 Å². The lowest BCUT2D eigenvalue weighted by molar-refractivity contribution is 0.799. The number of nitrogens with zero attached hydrogens (tertiary/aromatic N) is 2. The van der Waals surface area contributed by atoms with Crippen LogP contribution in [0.15, 0.2) is 58.9 Å². The SMILES string of the molecule is CC1=C(C#N)C(C=C(Cl)c2ccccc2)C(C#N)=C(C)N1. The van der Waals surface area contributed by atoms with Gasteiger partial charge in [0, 0.05) is 16.4 Å². The van der Waals surface area contributed by atoms with Crippen LogP contribution in [0.4, 0.5) is 0 Å². The highest BCUT2D eigenvalue weighted by Crippen LogP contribution is 2.33. The fraction of sp³-hybridized carbons (Fsp3) is 0.176. The number of halogens is 1. The van der Waals surface area contributed by atoms with Gasteiger partial charge in [0.2, 0.25) is 0 Å². The highest BCUT2D eigenvalue weighted by molar-refractivity contribution is 6.48. The standard InChI is InChI=1S/C17H14ClN3/c1-11-15(9-19)14(16(10-20)12(2)21-11)8-17(18)13-6-4-3-5-7-13/h3-8,14,21H,1-2H3. The summed E-state index contributed by atoms with van der Waals surface area (Å²) in [4.78, 5) is 0. The molecule has 0 bridgehead atoms. The van der Waals surface area contributed by atoms with Gasteiger partial charge in [-0.2, -0.15) is 10.5 Å². The first kappa shape index (κ1) is 14.9. The van der Waals surface area contributed by atoms with Gasteiger partial charge in [0.05, 0.1) is 29.2 Å². The first-order valence-corrected chi connectivity index (χ1v) is 6.87. The van der Waals surface area contributed by atoms with E-state index in [0.29, 0.717) is 16.2 Å². The first-order chi connectivity index (χ1) is 10.1. The van der Waals surface area contributed by atoms with E-state index in [-0.39, 0.29) is 0 Å². The molecule has 4 heteroatoms. The molecule has 0 radical (unpaired) electrons. The van der Waals surface area contributed by atoms with E-state index in [4.69, 9.17) is 11.6 Å². The minimum absolute atomic E-state index is 0.408. The number of benzene rings is 1. The maximum absolute atomic E-state index is 9.36. The molecule has 0 saturated carbocycles. The Balaban J connectivity index is 2.51. The molecule has 21 heavy (non-hydrogen) atoms. The van der Waals surface area contributed by atoms with E-state index < -0.39 is 5.92 Å². The van der Waals surface area contributed by atoms with Gasteiger partial charge in [-0.1, -0.05) is 48.0 Å². The molecule has 0 aromatic heterocycles. The number of rotatable bonds is 2. The Morgan fingerprint density at radius 1 is 1.10 bits per heavy atom. The average Bonchev–Trinajstić information content (AvgIpc) is 2.48. The fourth-order valence-corrected chi connectivity index (χ4v) is 2.59. The van der Waals surface area contributed by atoms with Crippen molar-refractivity contribution in [2.45, 2.75) is 13.8 Å². The molecular weight excluding hydrogens is 282 g/mol. The van der Waals surface area contributed by atoms with Crippen molar-refractivity contribution in [3.05, 3.63) is 64.5 Å². The second kappa shape index (κ2) is 6.31.